The normalized spacial score (nSPS) is 16.0. The molecule has 2 aromatic heterocycles. The van der Waals surface area contributed by atoms with Gasteiger partial charge in [-0.3, -0.25) is 0 Å². The van der Waals surface area contributed by atoms with Gasteiger partial charge in [0.15, 0.2) is 17.0 Å². The number of benzene rings is 1. The molecule has 1 aliphatic heterocycles. The van der Waals surface area contributed by atoms with Gasteiger partial charge in [-0.25, -0.2) is 18.4 Å². The van der Waals surface area contributed by atoms with Crippen LogP contribution in [-0.4, -0.2) is 69.6 Å². The van der Waals surface area contributed by atoms with Gasteiger partial charge in [0, 0.05) is 31.2 Å². The van der Waals surface area contributed by atoms with Crippen molar-refractivity contribution in [2.75, 3.05) is 36.8 Å². The van der Waals surface area contributed by atoms with Gasteiger partial charge in [-0.15, -0.1) is 5.10 Å². The topological polar surface area (TPSA) is 97.1 Å². The molecule has 1 saturated heterocycles. The number of halogens is 1. The summed E-state index contributed by atoms with van der Waals surface area (Å²) in [6.45, 7) is 3.82. The van der Waals surface area contributed by atoms with E-state index in [-0.39, 0.29) is 5.75 Å². The van der Waals surface area contributed by atoms with Crippen LogP contribution < -0.4 is 4.90 Å². The number of fused-ring (bicyclic) bond motifs is 1. The first-order valence-corrected chi connectivity index (χ1v) is 11.0. The van der Waals surface area contributed by atoms with E-state index in [1.54, 1.807) is 21.1 Å². The first-order valence-electron chi connectivity index (χ1n) is 9.04. The van der Waals surface area contributed by atoms with E-state index in [0.717, 1.165) is 5.69 Å². The predicted octanol–water partition coefficient (Wildman–Crippen LogP) is 1.73. The molecule has 28 heavy (non-hydrogen) atoms. The average molecular weight is 422 g/mol. The van der Waals surface area contributed by atoms with Crippen LogP contribution in [0.5, 0.6) is 0 Å². The number of anilines is 1. The highest BCUT2D eigenvalue weighted by atomic mass is 35.5. The summed E-state index contributed by atoms with van der Waals surface area (Å²) in [4.78, 5) is 10.8. The monoisotopic (exact) mass is 421 g/mol. The Morgan fingerprint density at radius 3 is 2.46 bits per heavy atom. The number of hydrogen-bond acceptors (Lipinski definition) is 7. The molecule has 1 aromatic carbocycles. The van der Waals surface area contributed by atoms with Crippen molar-refractivity contribution in [2.24, 2.45) is 0 Å². The second-order valence-corrected chi connectivity index (χ2v) is 9.07. The molecule has 0 bridgehead atoms. The standard InChI is InChI=1S/C17H20ClN7O2S/c1-2-11-28(26,27)24-9-7-23(8-10-24)16-15-17(20-12-19-16)25(22-21-15)14-5-3-13(18)4-6-14/h3-6,12H,2,7-11H2,1H3. The molecular formula is C17H20ClN7O2S. The minimum atomic E-state index is -3.19. The van der Waals surface area contributed by atoms with Crippen molar-refractivity contribution in [1.29, 1.82) is 0 Å². The van der Waals surface area contributed by atoms with Crippen molar-refractivity contribution in [1.82, 2.24) is 29.3 Å². The van der Waals surface area contributed by atoms with Gasteiger partial charge in [0.25, 0.3) is 0 Å². The van der Waals surface area contributed by atoms with Gasteiger partial charge in [0.1, 0.15) is 6.33 Å². The Hall–Kier alpha value is -2.30. The van der Waals surface area contributed by atoms with Crippen molar-refractivity contribution < 1.29 is 8.42 Å². The van der Waals surface area contributed by atoms with Crippen LogP contribution in [0.15, 0.2) is 30.6 Å². The molecule has 0 spiro atoms. The number of aromatic nitrogens is 5. The van der Waals surface area contributed by atoms with Crippen LogP contribution in [0.25, 0.3) is 16.9 Å². The highest BCUT2D eigenvalue weighted by molar-refractivity contribution is 7.89. The molecule has 148 valence electrons. The van der Waals surface area contributed by atoms with Crippen LogP contribution in [0.4, 0.5) is 5.82 Å². The third-order valence-corrected chi connectivity index (χ3v) is 7.01. The van der Waals surface area contributed by atoms with E-state index >= 15 is 0 Å². The van der Waals surface area contributed by atoms with Crippen LogP contribution in [-0.2, 0) is 10.0 Å². The fourth-order valence-electron chi connectivity index (χ4n) is 3.29. The van der Waals surface area contributed by atoms with Gasteiger partial charge < -0.3 is 4.90 Å². The highest BCUT2D eigenvalue weighted by Gasteiger charge is 2.28. The quantitative estimate of drug-likeness (QED) is 0.618. The van der Waals surface area contributed by atoms with E-state index in [1.165, 1.54) is 6.33 Å². The SMILES string of the molecule is CCCS(=O)(=O)N1CCN(c2ncnc3c2nnn3-c2ccc(Cl)cc2)CC1. The highest BCUT2D eigenvalue weighted by Crippen LogP contribution is 2.24. The summed E-state index contributed by atoms with van der Waals surface area (Å²) in [6, 6.07) is 7.25. The maximum atomic E-state index is 12.3. The first kappa shape index (κ1) is 19.0. The fourth-order valence-corrected chi connectivity index (χ4v) is 4.91. The first-order chi connectivity index (χ1) is 13.5. The summed E-state index contributed by atoms with van der Waals surface area (Å²) >= 11 is 5.96. The molecule has 0 aliphatic carbocycles. The lowest BCUT2D eigenvalue weighted by atomic mass is 10.3. The van der Waals surface area contributed by atoms with Crippen molar-refractivity contribution in [2.45, 2.75) is 13.3 Å². The van der Waals surface area contributed by atoms with Crippen LogP contribution in [0.2, 0.25) is 5.02 Å². The minimum absolute atomic E-state index is 0.181. The summed E-state index contributed by atoms with van der Waals surface area (Å²) in [5.74, 6) is 0.845. The second-order valence-electron chi connectivity index (χ2n) is 6.55. The van der Waals surface area contributed by atoms with E-state index in [9.17, 15) is 8.42 Å². The Balaban J connectivity index is 1.60. The summed E-state index contributed by atoms with van der Waals surface area (Å²) in [6.07, 6.45) is 2.09. The van der Waals surface area contributed by atoms with Gasteiger partial charge in [-0.05, 0) is 30.7 Å². The Morgan fingerprint density at radius 1 is 1.07 bits per heavy atom. The number of hydrogen-bond donors (Lipinski definition) is 0. The summed E-state index contributed by atoms with van der Waals surface area (Å²) in [7, 11) is -3.19. The molecule has 0 radical (unpaired) electrons. The van der Waals surface area contributed by atoms with Crippen LogP contribution in [0, 0.1) is 0 Å². The molecule has 0 atom stereocenters. The molecule has 3 aromatic rings. The number of rotatable bonds is 5. The van der Waals surface area contributed by atoms with Gasteiger partial charge >= 0.3 is 0 Å². The Labute approximate surface area is 168 Å². The maximum Gasteiger partial charge on any atom is 0.214 e. The molecule has 4 rings (SSSR count). The fraction of sp³-hybridized carbons (Fsp3) is 0.412. The van der Waals surface area contributed by atoms with Gasteiger partial charge in [0.05, 0.1) is 11.4 Å². The summed E-state index contributed by atoms with van der Waals surface area (Å²) in [5.41, 5.74) is 1.97. The third kappa shape index (κ3) is 3.54. The second kappa shape index (κ2) is 7.61. The van der Waals surface area contributed by atoms with E-state index in [2.05, 4.69) is 20.3 Å². The van der Waals surface area contributed by atoms with Crippen molar-refractivity contribution >= 4 is 38.6 Å². The van der Waals surface area contributed by atoms with Gasteiger partial charge in [0.2, 0.25) is 10.0 Å². The lowest BCUT2D eigenvalue weighted by molar-refractivity contribution is 0.384. The molecule has 9 nitrogen and oxygen atoms in total. The summed E-state index contributed by atoms with van der Waals surface area (Å²) in [5, 5.41) is 9.13. The number of sulfonamides is 1. The van der Waals surface area contributed by atoms with E-state index < -0.39 is 10.0 Å². The molecule has 3 heterocycles. The van der Waals surface area contributed by atoms with E-state index in [0.29, 0.717) is 54.6 Å². The number of nitrogens with zero attached hydrogens (tertiary/aromatic N) is 7. The Morgan fingerprint density at radius 2 is 1.79 bits per heavy atom. The van der Waals surface area contributed by atoms with Gasteiger partial charge in [-0.1, -0.05) is 23.7 Å². The molecule has 0 amide bonds. The van der Waals surface area contributed by atoms with E-state index in [4.69, 9.17) is 11.6 Å². The smallest absolute Gasteiger partial charge is 0.214 e. The van der Waals surface area contributed by atoms with Crippen LogP contribution >= 0.6 is 11.6 Å². The zero-order valence-corrected chi connectivity index (χ0v) is 16.9. The van der Waals surface area contributed by atoms with Crippen molar-refractivity contribution in [3.8, 4) is 5.69 Å². The Kier molecular flexibility index (Phi) is 5.17. The molecule has 0 N–H and O–H groups in total. The van der Waals surface area contributed by atoms with Crippen molar-refractivity contribution in [3.63, 3.8) is 0 Å². The lowest BCUT2D eigenvalue weighted by Crippen LogP contribution is -2.49. The van der Waals surface area contributed by atoms with E-state index in [1.807, 2.05) is 24.0 Å². The maximum absolute atomic E-state index is 12.3. The van der Waals surface area contributed by atoms with Crippen molar-refractivity contribution in [3.05, 3.63) is 35.6 Å². The lowest BCUT2D eigenvalue weighted by Gasteiger charge is -2.34. The average Bonchev–Trinajstić information content (AvgIpc) is 3.13. The van der Waals surface area contributed by atoms with Crippen LogP contribution in [0.1, 0.15) is 13.3 Å². The molecule has 0 unspecified atom stereocenters. The third-order valence-electron chi connectivity index (χ3n) is 4.68. The zero-order chi connectivity index (χ0) is 19.7. The minimum Gasteiger partial charge on any atom is -0.352 e. The molecular weight excluding hydrogens is 402 g/mol. The molecule has 11 heteroatoms. The Bertz CT molecular complexity index is 1080. The summed E-state index contributed by atoms with van der Waals surface area (Å²) < 4.78 is 27.7. The van der Waals surface area contributed by atoms with Crippen LogP contribution in [0.3, 0.4) is 0 Å². The predicted molar refractivity (Wildman–Crippen MR) is 107 cm³/mol. The zero-order valence-electron chi connectivity index (χ0n) is 15.4. The largest absolute Gasteiger partial charge is 0.352 e. The molecule has 0 saturated carbocycles. The van der Waals surface area contributed by atoms with Gasteiger partial charge in [-0.2, -0.15) is 8.99 Å². The molecule has 1 fully saturated rings. The number of piperazine rings is 1. The molecule has 1 aliphatic rings.